The molecule has 1 unspecified atom stereocenters. The highest BCUT2D eigenvalue weighted by atomic mass is 32.1. The normalized spacial score (nSPS) is 19.0. The fraction of sp³-hybridized carbons (Fsp3) is 0.467. The van der Waals surface area contributed by atoms with E-state index in [9.17, 15) is 5.11 Å². The zero-order chi connectivity index (χ0) is 12.6. The molecule has 1 atom stereocenters. The van der Waals surface area contributed by atoms with Gasteiger partial charge >= 0.3 is 0 Å². The molecule has 1 aliphatic rings. The summed E-state index contributed by atoms with van der Waals surface area (Å²) in [5, 5.41) is 16.7. The summed E-state index contributed by atoms with van der Waals surface area (Å²) in [4.78, 5) is 0. The van der Waals surface area contributed by atoms with E-state index in [1.165, 1.54) is 28.5 Å². The molecular formula is C15H19NOS. The van der Waals surface area contributed by atoms with Crippen molar-refractivity contribution in [1.82, 2.24) is 5.32 Å². The molecular weight excluding hydrogens is 242 g/mol. The van der Waals surface area contributed by atoms with E-state index in [1.807, 2.05) is 0 Å². The number of fused-ring (bicyclic) bond motifs is 1. The average Bonchev–Trinajstić information content (AvgIpc) is 3.18. The summed E-state index contributed by atoms with van der Waals surface area (Å²) in [6.45, 7) is 3.20. The summed E-state index contributed by atoms with van der Waals surface area (Å²) >= 11 is 1.79. The summed E-state index contributed by atoms with van der Waals surface area (Å²) in [7, 11) is 0. The first-order chi connectivity index (χ1) is 8.73. The van der Waals surface area contributed by atoms with Gasteiger partial charge in [-0.2, -0.15) is 0 Å². The molecule has 96 valence electrons. The van der Waals surface area contributed by atoms with Crippen LogP contribution in [0.25, 0.3) is 10.1 Å². The monoisotopic (exact) mass is 261 g/mol. The van der Waals surface area contributed by atoms with Gasteiger partial charge in [0, 0.05) is 16.8 Å². The van der Waals surface area contributed by atoms with Gasteiger partial charge in [-0.3, -0.25) is 0 Å². The molecule has 0 aliphatic heterocycles. The number of rotatable bonds is 5. The van der Waals surface area contributed by atoms with Crippen LogP contribution in [-0.2, 0) is 6.54 Å². The maximum Gasteiger partial charge on any atom is 0.0613 e. The minimum absolute atomic E-state index is 0.108. The fourth-order valence-corrected chi connectivity index (χ4v) is 3.48. The Morgan fingerprint density at radius 2 is 2.17 bits per heavy atom. The van der Waals surface area contributed by atoms with Crippen LogP contribution in [0.5, 0.6) is 0 Å². The molecule has 2 nitrogen and oxygen atoms in total. The molecule has 0 bridgehead atoms. The Labute approximate surface area is 112 Å². The lowest BCUT2D eigenvalue weighted by atomic mass is 9.96. The first-order valence-electron chi connectivity index (χ1n) is 6.54. The maximum atomic E-state index is 9.58. The Hall–Kier alpha value is -0.900. The summed E-state index contributed by atoms with van der Waals surface area (Å²) in [6, 6.07) is 8.51. The number of aliphatic hydroxyl groups excluding tert-OH is 1. The van der Waals surface area contributed by atoms with Crippen molar-refractivity contribution in [3.63, 3.8) is 0 Å². The van der Waals surface area contributed by atoms with E-state index in [-0.39, 0.29) is 12.1 Å². The molecule has 18 heavy (non-hydrogen) atoms. The topological polar surface area (TPSA) is 32.3 Å². The molecule has 0 spiro atoms. The number of hydrogen-bond acceptors (Lipinski definition) is 3. The molecule has 0 saturated heterocycles. The minimum atomic E-state index is -0.108. The van der Waals surface area contributed by atoms with E-state index < -0.39 is 0 Å². The number of thiophene rings is 1. The van der Waals surface area contributed by atoms with Crippen molar-refractivity contribution in [1.29, 1.82) is 0 Å². The van der Waals surface area contributed by atoms with Crippen molar-refractivity contribution < 1.29 is 5.11 Å². The van der Waals surface area contributed by atoms with Gasteiger partial charge in [0.1, 0.15) is 0 Å². The van der Waals surface area contributed by atoms with Crippen LogP contribution in [0, 0.1) is 5.92 Å². The van der Waals surface area contributed by atoms with Gasteiger partial charge in [0.25, 0.3) is 0 Å². The van der Waals surface area contributed by atoms with Crippen LogP contribution in [0.4, 0.5) is 0 Å². The van der Waals surface area contributed by atoms with Crippen LogP contribution in [0.15, 0.2) is 29.6 Å². The predicted octanol–water partition coefficient (Wildman–Crippen LogP) is 3.15. The molecule has 1 aliphatic carbocycles. The Bertz CT molecular complexity index is 546. The van der Waals surface area contributed by atoms with Crippen LogP contribution in [0.1, 0.15) is 25.3 Å². The molecule has 1 aromatic heterocycles. The molecule has 1 fully saturated rings. The lowest BCUT2D eigenvalue weighted by Gasteiger charge is -2.28. The second-order valence-electron chi connectivity index (χ2n) is 5.46. The van der Waals surface area contributed by atoms with Gasteiger partial charge in [-0.15, -0.1) is 11.3 Å². The van der Waals surface area contributed by atoms with E-state index in [1.54, 1.807) is 11.3 Å². The summed E-state index contributed by atoms with van der Waals surface area (Å²) < 4.78 is 1.34. The highest BCUT2D eigenvalue weighted by Gasteiger charge is 2.40. The fourth-order valence-electron chi connectivity index (χ4n) is 2.52. The smallest absolute Gasteiger partial charge is 0.0613 e. The molecule has 3 rings (SSSR count). The van der Waals surface area contributed by atoms with Crippen molar-refractivity contribution >= 4 is 21.4 Å². The number of aliphatic hydroxyl groups is 1. The number of nitrogens with one attached hydrogen (secondary N) is 1. The number of hydrogen-bond donors (Lipinski definition) is 2. The molecule has 1 heterocycles. The van der Waals surface area contributed by atoms with E-state index in [2.05, 4.69) is 41.9 Å². The minimum Gasteiger partial charge on any atom is -0.394 e. The van der Waals surface area contributed by atoms with E-state index in [4.69, 9.17) is 0 Å². The Morgan fingerprint density at radius 1 is 1.39 bits per heavy atom. The Morgan fingerprint density at radius 3 is 2.89 bits per heavy atom. The van der Waals surface area contributed by atoms with Crippen LogP contribution >= 0.6 is 11.3 Å². The van der Waals surface area contributed by atoms with Gasteiger partial charge < -0.3 is 10.4 Å². The van der Waals surface area contributed by atoms with Gasteiger partial charge in [0.15, 0.2) is 0 Å². The molecule has 3 heteroatoms. The third-order valence-corrected chi connectivity index (χ3v) is 5.06. The van der Waals surface area contributed by atoms with E-state index in [0.717, 1.165) is 6.54 Å². The zero-order valence-electron chi connectivity index (χ0n) is 10.6. The average molecular weight is 261 g/mol. The number of benzene rings is 1. The standard InChI is InChI=1S/C15H19NOS/c1-15(10-17,12-6-7-12)16-8-11-9-18-14-5-3-2-4-13(11)14/h2-5,9,12,16-17H,6-8,10H2,1H3. The van der Waals surface area contributed by atoms with Gasteiger partial charge in [-0.1, -0.05) is 18.2 Å². The van der Waals surface area contributed by atoms with Crippen LogP contribution in [0.3, 0.4) is 0 Å². The molecule has 0 amide bonds. The molecule has 1 saturated carbocycles. The van der Waals surface area contributed by atoms with Gasteiger partial charge in [0.05, 0.1) is 6.61 Å². The maximum absolute atomic E-state index is 9.58. The van der Waals surface area contributed by atoms with Crippen molar-refractivity contribution in [3.8, 4) is 0 Å². The molecule has 2 N–H and O–H groups in total. The molecule has 1 aromatic carbocycles. The van der Waals surface area contributed by atoms with Crippen LogP contribution in [-0.4, -0.2) is 17.3 Å². The van der Waals surface area contributed by atoms with Crippen molar-refractivity contribution in [2.75, 3.05) is 6.61 Å². The third kappa shape index (κ3) is 2.18. The highest BCUT2D eigenvalue weighted by Crippen LogP contribution is 2.39. The molecule has 2 aromatic rings. The van der Waals surface area contributed by atoms with Crippen LogP contribution < -0.4 is 5.32 Å². The predicted molar refractivity (Wildman–Crippen MR) is 76.9 cm³/mol. The quantitative estimate of drug-likeness (QED) is 0.866. The first kappa shape index (κ1) is 12.2. The Kier molecular flexibility index (Phi) is 3.14. The van der Waals surface area contributed by atoms with E-state index in [0.29, 0.717) is 5.92 Å². The lowest BCUT2D eigenvalue weighted by Crippen LogP contribution is -2.47. The summed E-state index contributed by atoms with van der Waals surface area (Å²) in [6.07, 6.45) is 2.49. The summed E-state index contributed by atoms with van der Waals surface area (Å²) in [5.41, 5.74) is 1.24. The second kappa shape index (κ2) is 4.65. The SMILES string of the molecule is CC(CO)(NCc1csc2ccccc12)C1CC1. The van der Waals surface area contributed by atoms with Crippen molar-refractivity contribution in [3.05, 3.63) is 35.2 Å². The Balaban J connectivity index is 1.76. The summed E-state index contributed by atoms with van der Waals surface area (Å²) in [5.74, 6) is 0.646. The highest BCUT2D eigenvalue weighted by molar-refractivity contribution is 7.17. The lowest BCUT2D eigenvalue weighted by molar-refractivity contribution is 0.154. The van der Waals surface area contributed by atoms with Crippen LogP contribution in [0.2, 0.25) is 0 Å². The molecule has 0 radical (unpaired) electrons. The van der Waals surface area contributed by atoms with Gasteiger partial charge in [-0.25, -0.2) is 0 Å². The van der Waals surface area contributed by atoms with E-state index >= 15 is 0 Å². The first-order valence-corrected chi connectivity index (χ1v) is 7.42. The van der Waals surface area contributed by atoms with Gasteiger partial charge in [0.2, 0.25) is 0 Å². The zero-order valence-corrected chi connectivity index (χ0v) is 11.5. The third-order valence-electron chi connectivity index (χ3n) is 4.05. The van der Waals surface area contributed by atoms with Crippen molar-refractivity contribution in [2.24, 2.45) is 5.92 Å². The van der Waals surface area contributed by atoms with Crippen molar-refractivity contribution in [2.45, 2.75) is 31.8 Å². The second-order valence-corrected chi connectivity index (χ2v) is 6.37. The van der Waals surface area contributed by atoms with Gasteiger partial charge in [-0.05, 0) is 48.1 Å². The largest absolute Gasteiger partial charge is 0.394 e.